The van der Waals surface area contributed by atoms with Crippen LogP contribution >= 0.6 is 0 Å². The lowest BCUT2D eigenvalue weighted by atomic mass is 9.94. The predicted molar refractivity (Wildman–Crippen MR) is 76.2 cm³/mol. The van der Waals surface area contributed by atoms with Crippen LogP contribution in [0.1, 0.15) is 31.2 Å². The van der Waals surface area contributed by atoms with Gasteiger partial charge in [-0.25, -0.2) is 0 Å². The number of nitrogens with zero attached hydrogens (tertiary/aromatic N) is 1. The van der Waals surface area contributed by atoms with E-state index in [1.807, 2.05) is 0 Å². The van der Waals surface area contributed by atoms with E-state index in [1.54, 1.807) is 13.0 Å². The normalized spacial score (nSPS) is 21.7. The molecule has 0 bridgehead atoms. The second-order valence-corrected chi connectivity index (χ2v) is 5.84. The van der Waals surface area contributed by atoms with Crippen molar-refractivity contribution in [2.24, 2.45) is 5.92 Å². The van der Waals surface area contributed by atoms with Crippen LogP contribution < -0.4 is 0 Å². The fourth-order valence-electron chi connectivity index (χ4n) is 2.82. The quantitative estimate of drug-likeness (QED) is 0.928. The predicted octanol–water partition coefficient (Wildman–Crippen LogP) is 2.95. The van der Waals surface area contributed by atoms with E-state index >= 15 is 0 Å². The minimum atomic E-state index is -4.46. The Labute approximate surface area is 127 Å². The summed E-state index contributed by atoms with van der Waals surface area (Å²) in [6, 6.07) is 7.52. The Morgan fingerprint density at radius 1 is 1.36 bits per heavy atom. The minimum absolute atomic E-state index is 0.0509. The smallest absolute Gasteiger partial charge is 0.393 e. The molecule has 0 saturated carbocycles. The molecule has 1 aromatic carbocycles. The van der Waals surface area contributed by atoms with Gasteiger partial charge in [0.15, 0.2) is 0 Å². The Hall–Kier alpha value is -1.56. The first-order valence-electron chi connectivity index (χ1n) is 7.36. The van der Waals surface area contributed by atoms with Crippen LogP contribution in [-0.2, 0) is 4.79 Å². The molecule has 1 heterocycles. The molecule has 3 nitrogen and oxygen atoms in total. The molecule has 3 atom stereocenters. The van der Waals surface area contributed by atoms with Crippen molar-refractivity contribution in [2.75, 3.05) is 13.1 Å². The van der Waals surface area contributed by atoms with Gasteiger partial charge in [0, 0.05) is 25.4 Å². The Balaban J connectivity index is 2.07. The fourth-order valence-corrected chi connectivity index (χ4v) is 2.82. The molecule has 1 aliphatic rings. The molecule has 1 amide bonds. The summed E-state index contributed by atoms with van der Waals surface area (Å²) in [7, 11) is 0. The number of halogens is 3. The molecule has 1 aromatic rings. The number of hydrogen-bond donors (Lipinski definition) is 1. The highest BCUT2D eigenvalue weighted by molar-refractivity contribution is 5.77. The molecule has 0 radical (unpaired) electrons. The molecule has 6 heteroatoms. The Morgan fingerprint density at radius 2 is 2.00 bits per heavy atom. The maximum atomic E-state index is 13.2. The van der Waals surface area contributed by atoms with E-state index in [2.05, 4.69) is 0 Å². The van der Waals surface area contributed by atoms with Crippen molar-refractivity contribution in [1.82, 2.24) is 4.90 Å². The molecule has 0 aliphatic carbocycles. The van der Waals surface area contributed by atoms with E-state index in [-0.39, 0.29) is 11.5 Å². The number of aliphatic hydroxyl groups excluding tert-OH is 1. The standard InChI is InChI=1S/C16H20F3NO2/c1-11(21)13-7-8-20(10-13)15(22)9-14(16(17,18)19)12-5-3-2-4-6-12/h2-6,11,13-14,21H,7-10H2,1H3. The Kier molecular flexibility index (Phi) is 5.11. The molecular formula is C16H20F3NO2. The van der Waals surface area contributed by atoms with Crippen LogP contribution in [0.15, 0.2) is 30.3 Å². The van der Waals surface area contributed by atoms with Gasteiger partial charge in [-0.15, -0.1) is 0 Å². The van der Waals surface area contributed by atoms with Gasteiger partial charge in [-0.1, -0.05) is 30.3 Å². The van der Waals surface area contributed by atoms with Crippen LogP contribution in [0.4, 0.5) is 13.2 Å². The van der Waals surface area contributed by atoms with E-state index in [0.717, 1.165) is 0 Å². The first-order chi connectivity index (χ1) is 10.3. The van der Waals surface area contributed by atoms with Crippen molar-refractivity contribution in [2.45, 2.75) is 38.0 Å². The Bertz CT molecular complexity index is 502. The van der Waals surface area contributed by atoms with E-state index in [4.69, 9.17) is 0 Å². The average Bonchev–Trinajstić information content (AvgIpc) is 2.94. The molecular weight excluding hydrogens is 295 g/mol. The lowest BCUT2D eigenvalue weighted by Crippen LogP contribution is -2.34. The van der Waals surface area contributed by atoms with Gasteiger partial charge in [-0.05, 0) is 18.9 Å². The lowest BCUT2D eigenvalue weighted by molar-refractivity contribution is -0.160. The van der Waals surface area contributed by atoms with Crippen molar-refractivity contribution >= 4 is 5.91 Å². The monoisotopic (exact) mass is 315 g/mol. The molecule has 22 heavy (non-hydrogen) atoms. The zero-order valence-electron chi connectivity index (χ0n) is 12.4. The van der Waals surface area contributed by atoms with Crippen molar-refractivity contribution in [3.8, 4) is 0 Å². The summed E-state index contributed by atoms with van der Waals surface area (Å²) < 4.78 is 39.7. The average molecular weight is 315 g/mol. The SMILES string of the molecule is CC(O)C1CCN(C(=O)CC(c2ccccc2)C(F)(F)F)C1. The number of amides is 1. The van der Waals surface area contributed by atoms with Gasteiger partial charge in [0.25, 0.3) is 0 Å². The summed E-state index contributed by atoms with van der Waals surface area (Å²) in [5.74, 6) is -2.34. The molecule has 1 saturated heterocycles. The van der Waals surface area contributed by atoms with Crippen molar-refractivity contribution < 1.29 is 23.1 Å². The first kappa shape index (κ1) is 16.8. The Morgan fingerprint density at radius 3 is 2.50 bits per heavy atom. The van der Waals surface area contributed by atoms with Gasteiger partial charge in [-0.3, -0.25) is 4.79 Å². The number of rotatable bonds is 4. The second kappa shape index (κ2) is 6.69. The molecule has 1 fully saturated rings. The van der Waals surface area contributed by atoms with Crippen LogP contribution in [0.25, 0.3) is 0 Å². The summed E-state index contributed by atoms with van der Waals surface area (Å²) in [4.78, 5) is 13.6. The molecule has 3 unspecified atom stereocenters. The highest BCUT2D eigenvalue weighted by atomic mass is 19.4. The number of aliphatic hydroxyl groups is 1. The first-order valence-corrected chi connectivity index (χ1v) is 7.36. The summed E-state index contributed by atoms with van der Waals surface area (Å²) >= 11 is 0. The van der Waals surface area contributed by atoms with Crippen LogP contribution in [0.3, 0.4) is 0 Å². The molecule has 0 spiro atoms. The number of hydrogen-bond acceptors (Lipinski definition) is 2. The largest absolute Gasteiger partial charge is 0.396 e. The fraction of sp³-hybridized carbons (Fsp3) is 0.562. The van der Waals surface area contributed by atoms with Gasteiger partial charge >= 0.3 is 6.18 Å². The maximum absolute atomic E-state index is 13.2. The van der Waals surface area contributed by atoms with Gasteiger partial charge in [0.1, 0.15) is 0 Å². The van der Waals surface area contributed by atoms with Crippen molar-refractivity contribution in [3.05, 3.63) is 35.9 Å². The van der Waals surface area contributed by atoms with E-state index < -0.39 is 30.5 Å². The third kappa shape index (κ3) is 4.00. The third-order valence-electron chi connectivity index (χ3n) is 4.24. The topological polar surface area (TPSA) is 40.5 Å². The van der Waals surface area contributed by atoms with Gasteiger partial charge < -0.3 is 10.0 Å². The zero-order chi connectivity index (χ0) is 16.3. The van der Waals surface area contributed by atoms with Crippen LogP contribution in [0.2, 0.25) is 0 Å². The molecule has 1 N–H and O–H groups in total. The second-order valence-electron chi connectivity index (χ2n) is 5.84. The molecule has 2 rings (SSSR count). The van der Waals surface area contributed by atoms with E-state index in [1.165, 1.54) is 29.2 Å². The lowest BCUT2D eigenvalue weighted by Gasteiger charge is -2.24. The number of carbonyl (C=O) groups excluding carboxylic acids is 1. The molecule has 0 aromatic heterocycles. The summed E-state index contributed by atoms with van der Waals surface area (Å²) in [5.41, 5.74) is 0.106. The number of benzene rings is 1. The van der Waals surface area contributed by atoms with Crippen LogP contribution in [0.5, 0.6) is 0 Å². The highest BCUT2D eigenvalue weighted by Crippen LogP contribution is 2.38. The molecule has 1 aliphatic heterocycles. The number of alkyl halides is 3. The summed E-state index contributed by atoms with van der Waals surface area (Å²) in [5, 5.41) is 9.52. The van der Waals surface area contributed by atoms with Crippen molar-refractivity contribution in [3.63, 3.8) is 0 Å². The highest BCUT2D eigenvalue weighted by Gasteiger charge is 2.43. The van der Waals surface area contributed by atoms with Gasteiger partial charge in [0.2, 0.25) is 5.91 Å². The zero-order valence-corrected chi connectivity index (χ0v) is 12.4. The van der Waals surface area contributed by atoms with Crippen LogP contribution in [-0.4, -0.2) is 41.3 Å². The summed E-state index contributed by atoms with van der Waals surface area (Å²) in [6.07, 6.45) is -4.96. The number of likely N-dealkylation sites (tertiary alicyclic amines) is 1. The number of carbonyl (C=O) groups is 1. The third-order valence-corrected chi connectivity index (χ3v) is 4.24. The molecule has 122 valence electrons. The van der Waals surface area contributed by atoms with Crippen LogP contribution in [0, 0.1) is 5.92 Å². The van der Waals surface area contributed by atoms with Crippen molar-refractivity contribution in [1.29, 1.82) is 0 Å². The van der Waals surface area contributed by atoms with E-state index in [9.17, 15) is 23.1 Å². The van der Waals surface area contributed by atoms with Gasteiger partial charge in [0.05, 0.1) is 12.0 Å². The minimum Gasteiger partial charge on any atom is -0.393 e. The van der Waals surface area contributed by atoms with E-state index in [0.29, 0.717) is 19.5 Å². The summed E-state index contributed by atoms with van der Waals surface area (Å²) in [6.45, 7) is 2.38. The van der Waals surface area contributed by atoms with Gasteiger partial charge in [-0.2, -0.15) is 13.2 Å². The maximum Gasteiger partial charge on any atom is 0.396 e.